The SMILES string of the molecule is CC(C)c1ccc(C(C)(C)C(Cc2cccc(Oc3ccccc3)c2)OC(Cc2cccc(Oc3ccccc3)c2)C(C)(C)c2ccc(C(C)C)c(C(C)C)c2)cc1C(C)C. The lowest BCUT2D eigenvalue weighted by atomic mass is 9.72. The maximum atomic E-state index is 7.89. The van der Waals surface area contributed by atoms with Gasteiger partial charge in [-0.15, -0.1) is 0 Å². The van der Waals surface area contributed by atoms with Crippen molar-refractivity contribution in [3.8, 4) is 23.0 Å². The first-order chi connectivity index (χ1) is 29.0. The number of hydrogen-bond donors (Lipinski definition) is 0. The molecule has 0 aliphatic carbocycles. The maximum absolute atomic E-state index is 7.89. The lowest BCUT2D eigenvalue weighted by Gasteiger charge is -2.43. The van der Waals surface area contributed by atoms with Crippen LogP contribution in [0.1, 0.15) is 151 Å². The highest BCUT2D eigenvalue weighted by molar-refractivity contribution is 5.43. The molecule has 3 nitrogen and oxygen atoms in total. The van der Waals surface area contributed by atoms with Gasteiger partial charge in [0, 0.05) is 10.8 Å². The number of rotatable bonds is 18. The zero-order valence-corrected chi connectivity index (χ0v) is 39.0. The molecule has 0 aromatic heterocycles. The highest BCUT2D eigenvalue weighted by atomic mass is 16.5. The Balaban J connectivity index is 1.47. The molecule has 0 N–H and O–H groups in total. The molecule has 0 spiro atoms. The fourth-order valence-electron chi connectivity index (χ4n) is 8.67. The Labute approximate surface area is 368 Å². The lowest BCUT2D eigenvalue weighted by Crippen LogP contribution is -2.46. The number of hydrogen-bond acceptors (Lipinski definition) is 3. The highest BCUT2D eigenvalue weighted by Crippen LogP contribution is 2.42. The van der Waals surface area contributed by atoms with Crippen LogP contribution < -0.4 is 9.47 Å². The molecule has 0 saturated heterocycles. The summed E-state index contributed by atoms with van der Waals surface area (Å²) in [5.74, 6) is 4.98. The molecule has 2 unspecified atom stereocenters. The first-order valence-corrected chi connectivity index (χ1v) is 22.6. The molecule has 0 aliphatic heterocycles. The summed E-state index contributed by atoms with van der Waals surface area (Å²) in [4.78, 5) is 0. The van der Waals surface area contributed by atoms with Crippen LogP contribution in [0.5, 0.6) is 23.0 Å². The van der Waals surface area contributed by atoms with Gasteiger partial charge in [0.2, 0.25) is 0 Å². The summed E-state index contributed by atoms with van der Waals surface area (Å²) in [5, 5.41) is 0. The van der Waals surface area contributed by atoms with E-state index in [-0.39, 0.29) is 23.0 Å². The van der Waals surface area contributed by atoms with Gasteiger partial charge in [0.15, 0.2) is 0 Å². The Kier molecular flexibility index (Phi) is 14.7. The average molecular weight is 815 g/mol. The first kappa shape index (κ1) is 45.4. The third-order valence-electron chi connectivity index (χ3n) is 12.7. The Morgan fingerprint density at radius 3 is 1.05 bits per heavy atom. The molecular weight excluding hydrogens is 745 g/mol. The van der Waals surface area contributed by atoms with E-state index in [4.69, 9.17) is 14.2 Å². The molecule has 6 rings (SSSR count). The van der Waals surface area contributed by atoms with E-state index in [0.717, 1.165) is 23.0 Å². The first-order valence-electron chi connectivity index (χ1n) is 22.6. The van der Waals surface area contributed by atoms with Gasteiger partial charge in [0.25, 0.3) is 0 Å². The van der Waals surface area contributed by atoms with Crippen LogP contribution in [0, 0.1) is 0 Å². The van der Waals surface area contributed by atoms with Gasteiger partial charge in [-0.2, -0.15) is 0 Å². The van der Waals surface area contributed by atoms with Crippen molar-refractivity contribution in [3.05, 3.63) is 190 Å². The van der Waals surface area contributed by atoms with Crippen molar-refractivity contribution >= 4 is 0 Å². The van der Waals surface area contributed by atoms with E-state index < -0.39 is 0 Å². The Morgan fingerprint density at radius 2 is 0.705 bits per heavy atom. The summed E-state index contributed by atoms with van der Waals surface area (Å²) in [7, 11) is 0. The zero-order valence-electron chi connectivity index (χ0n) is 39.0. The van der Waals surface area contributed by atoms with Crippen LogP contribution in [0.2, 0.25) is 0 Å². The molecule has 3 heteroatoms. The molecule has 6 aromatic rings. The molecular formula is C58H70O3. The summed E-state index contributed by atoms with van der Waals surface area (Å²) >= 11 is 0. The van der Waals surface area contributed by atoms with Crippen molar-refractivity contribution in [1.29, 1.82) is 0 Å². The van der Waals surface area contributed by atoms with Crippen LogP contribution in [0.4, 0.5) is 0 Å². The summed E-state index contributed by atoms with van der Waals surface area (Å²) in [6.45, 7) is 28.0. The minimum Gasteiger partial charge on any atom is -0.457 e. The van der Waals surface area contributed by atoms with E-state index in [0.29, 0.717) is 36.5 Å². The second-order valence-corrected chi connectivity index (χ2v) is 19.4. The van der Waals surface area contributed by atoms with Gasteiger partial charge >= 0.3 is 0 Å². The third kappa shape index (κ3) is 11.2. The van der Waals surface area contributed by atoms with E-state index in [1.54, 1.807) is 0 Å². The van der Waals surface area contributed by atoms with Gasteiger partial charge in [0.1, 0.15) is 23.0 Å². The maximum Gasteiger partial charge on any atom is 0.127 e. The van der Waals surface area contributed by atoms with Crippen molar-refractivity contribution in [3.63, 3.8) is 0 Å². The van der Waals surface area contributed by atoms with Gasteiger partial charge in [-0.3, -0.25) is 0 Å². The molecule has 0 radical (unpaired) electrons. The standard InChI is InChI=1S/C58H70O3/c1-39(2)51-31-29-45(37-53(51)41(5)6)57(9,10)55(35-43-21-19-27-49(33-43)59-47-23-15-13-16-24-47)61-56(36-44-22-20-28-50(34-44)60-48-25-17-14-18-26-48)58(11,12)46-30-32-52(40(3)4)54(38-46)42(7)8/h13-34,37-42,55-56H,35-36H2,1-12H3. The lowest BCUT2D eigenvalue weighted by molar-refractivity contribution is -0.0753. The molecule has 2 atom stereocenters. The molecule has 0 saturated carbocycles. The molecule has 6 aromatic carbocycles. The number of ether oxygens (including phenoxy) is 3. The Bertz CT molecular complexity index is 2150. The number of para-hydroxylation sites is 2. The second-order valence-electron chi connectivity index (χ2n) is 19.4. The summed E-state index contributed by atoms with van der Waals surface area (Å²) < 4.78 is 20.6. The summed E-state index contributed by atoms with van der Waals surface area (Å²) in [6.07, 6.45) is 1.01. The zero-order chi connectivity index (χ0) is 43.9. The van der Waals surface area contributed by atoms with E-state index in [1.807, 2.05) is 72.8 Å². The fourth-order valence-corrected chi connectivity index (χ4v) is 8.67. The second kappa shape index (κ2) is 19.7. The molecule has 0 bridgehead atoms. The van der Waals surface area contributed by atoms with Crippen LogP contribution >= 0.6 is 0 Å². The smallest absolute Gasteiger partial charge is 0.127 e. The van der Waals surface area contributed by atoms with E-state index in [2.05, 4.69) is 156 Å². The van der Waals surface area contributed by atoms with Crippen molar-refractivity contribution in [2.75, 3.05) is 0 Å². The van der Waals surface area contributed by atoms with Crippen molar-refractivity contribution < 1.29 is 14.2 Å². The molecule has 320 valence electrons. The van der Waals surface area contributed by atoms with Gasteiger partial charge in [-0.1, -0.05) is 180 Å². The van der Waals surface area contributed by atoms with Crippen LogP contribution in [-0.4, -0.2) is 12.2 Å². The van der Waals surface area contributed by atoms with Gasteiger partial charge < -0.3 is 14.2 Å². The minimum atomic E-state index is -0.368. The third-order valence-corrected chi connectivity index (χ3v) is 12.7. The van der Waals surface area contributed by atoms with Crippen molar-refractivity contribution in [2.24, 2.45) is 0 Å². The van der Waals surface area contributed by atoms with Gasteiger partial charge in [0.05, 0.1) is 12.2 Å². The van der Waals surface area contributed by atoms with Crippen LogP contribution in [0.25, 0.3) is 0 Å². The highest BCUT2D eigenvalue weighted by Gasteiger charge is 2.40. The van der Waals surface area contributed by atoms with Gasteiger partial charge in [-0.05, 0) is 130 Å². The summed E-state index contributed by atoms with van der Waals surface area (Å²) in [5.41, 5.74) is 9.85. The normalized spacial score (nSPS) is 13.2. The van der Waals surface area contributed by atoms with E-state index >= 15 is 0 Å². The van der Waals surface area contributed by atoms with Gasteiger partial charge in [-0.25, -0.2) is 0 Å². The minimum absolute atomic E-state index is 0.197. The fraction of sp³-hybridized carbons (Fsp3) is 0.379. The van der Waals surface area contributed by atoms with Crippen molar-refractivity contribution in [1.82, 2.24) is 0 Å². The number of benzene rings is 6. The van der Waals surface area contributed by atoms with Crippen LogP contribution in [0.15, 0.2) is 146 Å². The molecule has 0 heterocycles. The summed E-state index contributed by atoms with van der Waals surface area (Å²) in [6, 6.07) is 51.5. The van der Waals surface area contributed by atoms with E-state index in [1.165, 1.54) is 44.5 Å². The molecule has 0 aliphatic rings. The molecule has 0 amide bonds. The largest absolute Gasteiger partial charge is 0.457 e. The monoisotopic (exact) mass is 815 g/mol. The molecule has 61 heavy (non-hydrogen) atoms. The van der Waals surface area contributed by atoms with Crippen LogP contribution in [0.3, 0.4) is 0 Å². The molecule has 0 fully saturated rings. The topological polar surface area (TPSA) is 27.7 Å². The Hall–Kier alpha value is -5.12. The predicted octanol–water partition coefficient (Wildman–Crippen LogP) is 16.3. The van der Waals surface area contributed by atoms with Crippen LogP contribution in [-0.2, 0) is 28.4 Å². The quantitative estimate of drug-likeness (QED) is 0.0865. The van der Waals surface area contributed by atoms with E-state index in [9.17, 15) is 0 Å². The van der Waals surface area contributed by atoms with Crippen molar-refractivity contribution in [2.45, 2.75) is 143 Å². The average Bonchev–Trinajstić information content (AvgIpc) is 3.23. The predicted molar refractivity (Wildman–Crippen MR) is 257 cm³/mol. The Morgan fingerprint density at radius 1 is 0.361 bits per heavy atom.